The fraction of sp³-hybridized carbons (Fsp3) is 0.486. The smallest absolute Gasteiger partial charge is 0.257 e. The molecule has 1 saturated carbocycles. The van der Waals surface area contributed by atoms with Crippen LogP contribution in [0.25, 0.3) is 0 Å². The number of carbonyl (C=O) groups excluding carboxylic acids is 1. The SMILES string of the molecule is CC1C(CN2CC3(C)CC2CC(C)(C)C3)OC(c2ccc(CNC(=O)c3c(F)c(F)c(F)c(F)c3F)cc2)OC1c1ccc(CO)cc1. The van der Waals surface area contributed by atoms with E-state index >= 15 is 0 Å². The van der Waals surface area contributed by atoms with Gasteiger partial charge in [-0.25, -0.2) is 22.0 Å². The van der Waals surface area contributed by atoms with E-state index in [1.165, 1.54) is 12.8 Å². The second-order valence-electron chi connectivity index (χ2n) is 14.8. The van der Waals surface area contributed by atoms with Gasteiger partial charge in [0.25, 0.3) is 5.91 Å². The van der Waals surface area contributed by atoms with Crippen molar-refractivity contribution in [2.75, 3.05) is 13.1 Å². The first-order chi connectivity index (χ1) is 22.7. The van der Waals surface area contributed by atoms with E-state index in [1.54, 1.807) is 24.3 Å². The van der Waals surface area contributed by atoms with Crippen molar-refractivity contribution in [2.45, 2.75) is 84.6 Å². The molecule has 0 radical (unpaired) electrons. The van der Waals surface area contributed by atoms with Gasteiger partial charge in [-0.15, -0.1) is 0 Å². The summed E-state index contributed by atoms with van der Waals surface area (Å²) in [7, 11) is 0. The van der Waals surface area contributed by atoms with Gasteiger partial charge in [-0.1, -0.05) is 76.2 Å². The van der Waals surface area contributed by atoms with E-state index in [0.717, 1.165) is 30.6 Å². The molecular weight excluding hydrogens is 631 g/mol. The molecule has 11 heteroatoms. The molecule has 6 nitrogen and oxygen atoms in total. The van der Waals surface area contributed by atoms with Crippen molar-refractivity contribution in [3.8, 4) is 0 Å². The van der Waals surface area contributed by atoms with Gasteiger partial charge in [0.2, 0.25) is 5.82 Å². The van der Waals surface area contributed by atoms with Gasteiger partial charge in [-0.05, 0) is 46.8 Å². The van der Waals surface area contributed by atoms with Crippen molar-refractivity contribution in [1.82, 2.24) is 10.2 Å². The summed E-state index contributed by atoms with van der Waals surface area (Å²) in [5, 5.41) is 11.8. The molecule has 1 amide bonds. The van der Waals surface area contributed by atoms with Gasteiger partial charge >= 0.3 is 0 Å². The standard InChI is InChI=1S/C37H41F5N2O4/c1-20-26(16-44-19-37(4)14-25(44)13-36(2,3)18-37)47-35(48-33(20)23-9-7-22(17-45)8-10-23)24-11-5-21(6-12-24)15-43-34(46)27-28(38)30(40)32(42)31(41)29(27)39/h5-12,20,25-26,33,35,45H,13-19H2,1-4H3,(H,43,46). The Morgan fingerprint density at radius 2 is 1.44 bits per heavy atom. The highest BCUT2D eigenvalue weighted by molar-refractivity contribution is 5.94. The maximum Gasteiger partial charge on any atom is 0.257 e. The fourth-order valence-electron chi connectivity index (χ4n) is 8.22. The Hall–Kier alpha value is -3.38. The van der Waals surface area contributed by atoms with Crippen LogP contribution >= 0.6 is 0 Å². The van der Waals surface area contributed by atoms with Crippen LogP contribution in [0, 0.1) is 45.8 Å². The number of halogens is 5. The number of nitrogens with zero attached hydrogens (tertiary/aromatic N) is 1. The van der Waals surface area contributed by atoms with Crippen LogP contribution in [0.1, 0.15) is 92.0 Å². The number of hydrogen-bond acceptors (Lipinski definition) is 5. The average molecular weight is 673 g/mol. The van der Waals surface area contributed by atoms with Crippen molar-refractivity contribution in [2.24, 2.45) is 16.7 Å². The first-order valence-electron chi connectivity index (χ1n) is 16.3. The predicted molar refractivity (Wildman–Crippen MR) is 168 cm³/mol. The van der Waals surface area contributed by atoms with E-state index in [4.69, 9.17) is 9.47 Å². The molecular formula is C37H41F5N2O4. The molecule has 2 bridgehead atoms. The van der Waals surface area contributed by atoms with Crippen molar-refractivity contribution in [3.05, 3.63) is 105 Å². The Labute approximate surface area is 277 Å². The summed E-state index contributed by atoms with van der Waals surface area (Å²) in [4.78, 5) is 15.0. The summed E-state index contributed by atoms with van der Waals surface area (Å²) < 4.78 is 82.1. The molecule has 48 heavy (non-hydrogen) atoms. The molecule has 6 atom stereocenters. The van der Waals surface area contributed by atoms with Gasteiger partial charge in [0, 0.05) is 37.2 Å². The molecule has 0 aromatic heterocycles. The molecule has 6 rings (SSSR count). The van der Waals surface area contributed by atoms with Crippen molar-refractivity contribution < 1.29 is 41.3 Å². The molecule has 258 valence electrons. The third kappa shape index (κ3) is 6.75. The molecule has 2 aliphatic heterocycles. The number of carbonyl (C=O) groups is 1. The minimum atomic E-state index is -2.33. The van der Waals surface area contributed by atoms with Gasteiger partial charge in [-0.2, -0.15) is 0 Å². The van der Waals surface area contributed by atoms with Gasteiger partial charge < -0.3 is 19.9 Å². The van der Waals surface area contributed by atoms with Crippen LogP contribution < -0.4 is 5.32 Å². The second-order valence-corrected chi connectivity index (χ2v) is 14.8. The number of amides is 1. The Morgan fingerprint density at radius 3 is 2.06 bits per heavy atom. The van der Waals surface area contributed by atoms with Crippen LogP contribution in [0.4, 0.5) is 22.0 Å². The van der Waals surface area contributed by atoms with Gasteiger partial charge in [0.15, 0.2) is 29.6 Å². The minimum absolute atomic E-state index is 0.0129. The maximum atomic E-state index is 14.1. The largest absolute Gasteiger partial charge is 0.392 e. The lowest BCUT2D eigenvalue weighted by molar-refractivity contribution is -0.276. The van der Waals surface area contributed by atoms with Crippen LogP contribution in [0.2, 0.25) is 0 Å². The van der Waals surface area contributed by atoms with E-state index in [2.05, 4.69) is 37.9 Å². The molecule has 3 aromatic carbocycles. The summed E-state index contributed by atoms with van der Waals surface area (Å²) in [6, 6.07) is 15.0. The number of hydrogen-bond donors (Lipinski definition) is 2. The number of rotatable bonds is 8. The highest BCUT2D eigenvalue weighted by Crippen LogP contribution is 2.53. The topological polar surface area (TPSA) is 71.0 Å². The van der Waals surface area contributed by atoms with Crippen LogP contribution in [-0.2, 0) is 22.6 Å². The van der Waals surface area contributed by atoms with Gasteiger partial charge in [-0.3, -0.25) is 9.69 Å². The van der Waals surface area contributed by atoms with E-state index in [-0.39, 0.29) is 42.1 Å². The predicted octanol–water partition coefficient (Wildman–Crippen LogP) is 7.50. The average Bonchev–Trinajstić information content (AvgIpc) is 3.30. The van der Waals surface area contributed by atoms with E-state index in [9.17, 15) is 31.9 Å². The van der Waals surface area contributed by atoms with Gasteiger partial charge in [0.1, 0.15) is 5.56 Å². The fourth-order valence-corrected chi connectivity index (χ4v) is 8.22. The molecule has 2 N–H and O–H groups in total. The molecule has 3 fully saturated rings. The summed E-state index contributed by atoms with van der Waals surface area (Å²) in [5.74, 6) is -12.5. The second kappa shape index (κ2) is 13.2. The zero-order valence-electron chi connectivity index (χ0n) is 27.5. The lowest BCUT2D eigenvalue weighted by Gasteiger charge is -2.43. The molecule has 2 heterocycles. The highest BCUT2D eigenvalue weighted by Gasteiger charge is 2.51. The summed E-state index contributed by atoms with van der Waals surface area (Å²) in [6.45, 7) is 10.7. The number of likely N-dealkylation sites (tertiary alicyclic amines) is 1. The molecule has 6 unspecified atom stereocenters. The Morgan fingerprint density at radius 1 is 0.854 bits per heavy atom. The van der Waals surface area contributed by atoms with Crippen LogP contribution in [0.15, 0.2) is 48.5 Å². The van der Waals surface area contributed by atoms with Crippen molar-refractivity contribution >= 4 is 5.91 Å². The van der Waals surface area contributed by atoms with Crippen molar-refractivity contribution in [3.63, 3.8) is 0 Å². The normalized spacial score (nSPS) is 28.4. The third-order valence-electron chi connectivity index (χ3n) is 10.2. The number of aliphatic hydroxyl groups excluding tert-OH is 1. The van der Waals surface area contributed by atoms with Gasteiger partial charge in [0.05, 0.1) is 18.8 Å². The summed E-state index contributed by atoms with van der Waals surface area (Å²) in [5.41, 5.74) is 2.02. The first kappa shape index (κ1) is 34.5. The highest BCUT2D eigenvalue weighted by atomic mass is 19.2. The molecule has 1 aliphatic carbocycles. The number of fused-ring (bicyclic) bond motifs is 2. The molecule has 2 saturated heterocycles. The lowest BCUT2D eigenvalue weighted by atomic mass is 9.65. The van der Waals surface area contributed by atoms with Crippen molar-refractivity contribution in [1.29, 1.82) is 0 Å². The van der Waals surface area contributed by atoms with E-state index < -0.39 is 46.8 Å². The van der Waals surface area contributed by atoms with Crippen LogP contribution in [0.5, 0.6) is 0 Å². The van der Waals surface area contributed by atoms with Crippen LogP contribution in [-0.4, -0.2) is 41.1 Å². The monoisotopic (exact) mass is 672 g/mol. The number of benzene rings is 3. The molecule has 3 aliphatic rings. The first-order valence-corrected chi connectivity index (χ1v) is 16.3. The Bertz CT molecular complexity index is 1640. The maximum absolute atomic E-state index is 14.1. The number of ether oxygens (including phenoxy) is 2. The Kier molecular flexibility index (Phi) is 9.45. The summed E-state index contributed by atoms with van der Waals surface area (Å²) in [6.07, 6.45) is 2.32. The zero-order valence-corrected chi connectivity index (χ0v) is 27.5. The zero-order chi connectivity index (χ0) is 34.5. The molecule has 3 aromatic rings. The minimum Gasteiger partial charge on any atom is -0.392 e. The van der Waals surface area contributed by atoms with E-state index in [1.807, 2.05) is 24.3 Å². The molecule has 0 spiro atoms. The summed E-state index contributed by atoms with van der Waals surface area (Å²) >= 11 is 0. The Balaban J connectivity index is 1.19. The number of aliphatic hydroxyl groups is 1. The number of nitrogens with one attached hydrogen (secondary N) is 1. The van der Waals surface area contributed by atoms with Crippen LogP contribution in [0.3, 0.4) is 0 Å². The third-order valence-corrected chi connectivity index (χ3v) is 10.2. The lowest BCUT2D eigenvalue weighted by Crippen LogP contribution is -2.46. The quantitative estimate of drug-likeness (QED) is 0.147. The van der Waals surface area contributed by atoms with E-state index in [0.29, 0.717) is 17.2 Å².